The maximum absolute atomic E-state index is 10.4. The van der Waals surface area contributed by atoms with Crippen LogP contribution in [-0.2, 0) is 20.9 Å². The summed E-state index contributed by atoms with van der Waals surface area (Å²) in [7, 11) is 1.90. The molecule has 1 atom stereocenters. The Morgan fingerprint density at radius 2 is 1.51 bits per heavy atom. The van der Waals surface area contributed by atoms with Crippen LogP contribution < -0.4 is 16.0 Å². The Kier molecular flexibility index (Phi) is 45.6. The van der Waals surface area contributed by atoms with Crippen LogP contribution in [0.1, 0.15) is 140 Å². The van der Waals surface area contributed by atoms with Crippen molar-refractivity contribution >= 4 is 40.5 Å². The lowest BCUT2D eigenvalue weighted by Crippen LogP contribution is -2.25. The van der Waals surface area contributed by atoms with Crippen molar-refractivity contribution in [1.29, 1.82) is 0 Å². The van der Waals surface area contributed by atoms with Crippen molar-refractivity contribution in [3.05, 3.63) is 46.4 Å². The molecule has 264 valence electrons. The lowest BCUT2D eigenvalue weighted by atomic mass is 10.1. The van der Waals surface area contributed by atoms with E-state index >= 15 is 0 Å². The topological polar surface area (TPSA) is 108 Å². The average Bonchev–Trinajstić information content (AvgIpc) is 2.99. The predicted octanol–water partition coefficient (Wildman–Crippen LogP) is 9.76. The first-order chi connectivity index (χ1) is 21.2. The number of anilines is 1. The van der Waals surface area contributed by atoms with Gasteiger partial charge in [0.05, 0.1) is 12.6 Å². The van der Waals surface area contributed by atoms with Crippen LogP contribution in [0.25, 0.3) is 4.91 Å². The van der Waals surface area contributed by atoms with Crippen LogP contribution in [0.15, 0.2) is 35.3 Å². The molecule has 0 aromatic heterocycles. The van der Waals surface area contributed by atoms with Gasteiger partial charge in [-0.15, -0.1) is 0 Å². The number of Topliss-reactive ketones (excluding diaryl/α,β-unsaturated/α-hetero) is 1. The van der Waals surface area contributed by atoms with E-state index in [1.54, 1.807) is 11.8 Å². The normalized spacial score (nSPS) is 9.89. The van der Waals surface area contributed by atoms with Gasteiger partial charge in [-0.2, -0.15) is 0 Å². The zero-order valence-electron chi connectivity index (χ0n) is 31.6. The molecule has 0 spiro atoms. The maximum atomic E-state index is 10.4. The fraction of sp³-hybridized carbons (Fsp3) is 0.649. The molecule has 0 radical (unpaired) electrons. The molecule has 4 N–H and O–H groups in total. The van der Waals surface area contributed by atoms with E-state index in [9.17, 15) is 14.4 Å². The van der Waals surface area contributed by atoms with Crippen molar-refractivity contribution in [3.63, 3.8) is 0 Å². The Hall–Kier alpha value is -2.58. The van der Waals surface area contributed by atoms with E-state index < -0.39 is 0 Å². The van der Waals surface area contributed by atoms with Gasteiger partial charge < -0.3 is 21.1 Å². The highest BCUT2D eigenvalue weighted by Gasteiger charge is 2.07. The third-order valence-corrected chi connectivity index (χ3v) is 5.88. The van der Waals surface area contributed by atoms with Crippen LogP contribution in [0.2, 0.25) is 0 Å². The minimum atomic E-state index is -0.166. The molecule has 0 saturated carbocycles. The van der Waals surface area contributed by atoms with E-state index in [0.29, 0.717) is 6.54 Å². The molecule has 0 bridgehead atoms. The summed E-state index contributed by atoms with van der Waals surface area (Å²) in [5, 5.41) is 19.3. The standard InChI is InChI=1S/C17H24N2OS.C6H14O.C5H9NO2.C4H10.C3H8.C2H6/c1-5-6-9-21-17(13(2)3)14-7-8-15(11-19-12-20)16(10-14)18-4;1-3-5-6(7)4-2;1-4(7)3-6-5(2)8;1-4(2)3;1-3-2;1-2/h6-10,12,18H,5,11H2,1-4H3,(H,19,20);6-7H,3-5H2,1-2H3;3H2,1-2H3,(H,6,8);4H,1-3H3;3H2,1-2H3;1-2H3/b9-6-;;;;;. The van der Waals surface area contributed by atoms with Gasteiger partial charge in [-0.1, -0.05) is 118 Å². The number of carbonyl (C=O) groups is 3. The van der Waals surface area contributed by atoms with Gasteiger partial charge in [-0.25, -0.2) is 0 Å². The number of aliphatic hydroxyl groups excluding tert-OH is 1. The van der Waals surface area contributed by atoms with Crippen molar-refractivity contribution < 1.29 is 19.5 Å². The van der Waals surface area contributed by atoms with Crippen LogP contribution in [0.3, 0.4) is 0 Å². The molecule has 45 heavy (non-hydrogen) atoms. The molecule has 2 amide bonds. The summed E-state index contributed by atoms with van der Waals surface area (Å²) >= 11 is 1.75. The fourth-order valence-corrected chi connectivity index (χ4v) is 3.65. The smallest absolute Gasteiger partial charge is 0.217 e. The van der Waals surface area contributed by atoms with Crippen molar-refractivity contribution in [2.24, 2.45) is 5.92 Å². The van der Waals surface area contributed by atoms with Gasteiger partial charge in [0.25, 0.3) is 0 Å². The van der Waals surface area contributed by atoms with Gasteiger partial charge in [0, 0.05) is 31.1 Å². The summed E-state index contributed by atoms with van der Waals surface area (Å²) in [6.45, 7) is 28.7. The molecule has 0 fully saturated rings. The highest BCUT2D eigenvalue weighted by molar-refractivity contribution is 8.10. The van der Waals surface area contributed by atoms with E-state index in [-0.39, 0.29) is 24.3 Å². The van der Waals surface area contributed by atoms with E-state index in [1.807, 2.05) is 27.8 Å². The van der Waals surface area contributed by atoms with Crippen molar-refractivity contribution in [3.8, 4) is 0 Å². The Balaban J connectivity index is -0.000000182. The lowest BCUT2D eigenvalue weighted by Gasteiger charge is -2.13. The Bertz CT molecular complexity index is 879. The second-order valence-corrected chi connectivity index (χ2v) is 11.7. The minimum Gasteiger partial charge on any atom is -0.393 e. The number of carbonyl (C=O) groups excluding carboxylic acids is 3. The summed E-state index contributed by atoms with van der Waals surface area (Å²) in [5.41, 5.74) is 4.61. The third-order valence-electron chi connectivity index (χ3n) is 4.67. The first kappa shape index (κ1) is 52.0. The monoisotopic (exact) mass is 654 g/mol. The van der Waals surface area contributed by atoms with Crippen molar-refractivity contribution in [2.75, 3.05) is 18.9 Å². The number of amides is 2. The highest BCUT2D eigenvalue weighted by Crippen LogP contribution is 2.34. The Labute approximate surface area is 282 Å². The van der Waals surface area contributed by atoms with Crippen LogP contribution >= 0.6 is 11.8 Å². The quantitative estimate of drug-likeness (QED) is 0.158. The molecule has 0 saturated heterocycles. The number of hydrogen-bond acceptors (Lipinski definition) is 6. The molecule has 0 heterocycles. The molecule has 1 aromatic carbocycles. The first-order valence-electron chi connectivity index (χ1n) is 16.6. The maximum Gasteiger partial charge on any atom is 0.217 e. The predicted molar refractivity (Wildman–Crippen MR) is 203 cm³/mol. The lowest BCUT2D eigenvalue weighted by molar-refractivity contribution is -0.123. The number of benzene rings is 1. The van der Waals surface area contributed by atoms with Crippen molar-refractivity contribution in [2.45, 2.75) is 142 Å². The van der Waals surface area contributed by atoms with E-state index in [1.165, 1.54) is 36.3 Å². The fourth-order valence-electron chi connectivity index (χ4n) is 2.73. The molecule has 1 unspecified atom stereocenters. The number of ketones is 1. The number of allylic oxidation sites excluding steroid dienone is 2. The van der Waals surface area contributed by atoms with Crippen LogP contribution in [0.5, 0.6) is 0 Å². The number of hydrogen-bond donors (Lipinski definition) is 4. The van der Waals surface area contributed by atoms with Gasteiger partial charge in [-0.05, 0) is 68.6 Å². The molecule has 7 nitrogen and oxygen atoms in total. The summed E-state index contributed by atoms with van der Waals surface area (Å²) in [6, 6.07) is 6.30. The van der Waals surface area contributed by atoms with Gasteiger partial charge in [0.1, 0.15) is 5.78 Å². The number of thioether (sulfide) groups is 1. The van der Waals surface area contributed by atoms with Crippen LogP contribution in [0, 0.1) is 5.92 Å². The first-order valence-corrected chi connectivity index (χ1v) is 17.5. The molecular weight excluding hydrogens is 582 g/mol. The molecular formula is C37H71N3O4S. The molecule has 8 heteroatoms. The molecule has 1 rings (SSSR count). The van der Waals surface area contributed by atoms with Crippen molar-refractivity contribution in [1.82, 2.24) is 10.6 Å². The van der Waals surface area contributed by atoms with Gasteiger partial charge >= 0.3 is 0 Å². The summed E-state index contributed by atoms with van der Waals surface area (Å²) < 4.78 is 0. The molecule has 0 aliphatic heterocycles. The van der Waals surface area contributed by atoms with E-state index in [0.717, 1.165) is 49.3 Å². The molecule has 1 aromatic rings. The van der Waals surface area contributed by atoms with E-state index in [4.69, 9.17) is 5.11 Å². The van der Waals surface area contributed by atoms with E-state index in [2.05, 4.69) is 108 Å². The van der Waals surface area contributed by atoms with Gasteiger partial charge in [0.15, 0.2) is 0 Å². The number of aliphatic hydroxyl groups is 1. The Morgan fingerprint density at radius 1 is 0.978 bits per heavy atom. The summed E-state index contributed by atoms with van der Waals surface area (Å²) in [4.78, 5) is 31.9. The molecule has 0 aliphatic carbocycles. The average molecular weight is 654 g/mol. The van der Waals surface area contributed by atoms with Gasteiger partial charge in [0.2, 0.25) is 12.3 Å². The zero-order valence-corrected chi connectivity index (χ0v) is 32.5. The third kappa shape index (κ3) is 41.4. The highest BCUT2D eigenvalue weighted by atomic mass is 32.2. The Morgan fingerprint density at radius 3 is 1.82 bits per heavy atom. The van der Waals surface area contributed by atoms with Gasteiger partial charge in [-0.3, -0.25) is 14.4 Å². The number of nitrogens with one attached hydrogen (secondary N) is 3. The summed E-state index contributed by atoms with van der Waals surface area (Å²) in [6.07, 6.45) is 8.07. The van der Waals surface area contributed by atoms with Crippen LogP contribution in [-0.4, -0.2) is 42.9 Å². The summed E-state index contributed by atoms with van der Waals surface area (Å²) in [5.74, 6) is 0.639. The van der Waals surface area contributed by atoms with Crippen LogP contribution in [0.4, 0.5) is 5.69 Å². The second kappa shape index (κ2) is 39.4. The molecule has 0 aliphatic rings. The zero-order chi connectivity index (χ0) is 36.2. The largest absolute Gasteiger partial charge is 0.393 e. The SMILES string of the molecule is CC.CC(=O)CNC(C)=O.CC(C)C.CC/C=C\SC(=C(C)C)c1ccc(CNC=O)c(NC)c1.CCC.CCCC(O)CC. The second-order valence-electron chi connectivity index (χ2n) is 10.7. The minimum absolute atomic E-state index is 0.0276. The number of rotatable bonds is 13.